The zero-order valence-corrected chi connectivity index (χ0v) is 22.4. The minimum absolute atomic E-state index is 0.0569. The minimum Gasteiger partial charge on any atom is -0.378 e. The lowest BCUT2D eigenvalue weighted by Crippen LogP contribution is -2.47. The summed E-state index contributed by atoms with van der Waals surface area (Å²) in [6.07, 6.45) is 1.63. The maximum Gasteiger partial charge on any atom is 0.339 e. The molecular weight excluding hydrogens is 530 g/mol. The van der Waals surface area contributed by atoms with E-state index in [1.54, 1.807) is 48.5 Å². The molecule has 3 aromatic rings. The van der Waals surface area contributed by atoms with Gasteiger partial charge in [-0.2, -0.15) is 13.4 Å². The molecule has 1 fully saturated rings. The van der Waals surface area contributed by atoms with E-state index in [-0.39, 0.29) is 16.6 Å². The number of thioether (sulfide) groups is 1. The molecule has 1 saturated heterocycles. The van der Waals surface area contributed by atoms with Gasteiger partial charge in [0.05, 0.1) is 4.91 Å². The molecule has 2 aliphatic rings. The zero-order valence-electron chi connectivity index (χ0n) is 20.0. The summed E-state index contributed by atoms with van der Waals surface area (Å²) in [5, 5.41) is 1.39. The molecule has 1 amide bonds. The molecule has 37 heavy (non-hydrogen) atoms. The first-order chi connectivity index (χ1) is 17.8. The third-order valence-corrected chi connectivity index (χ3v) is 8.82. The second kappa shape index (κ2) is 10.6. The molecule has 190 valence electrons. The minimum atomic E-state index is -4.02. The Morgan fingerprint density at radius 3 is 2.35 bits per heavy atom. The summed E-state index contributed by atoms with van der Waals surface area (Å²) in [7, 11) is -4.02. The van der Waals surface area contributed by atoms with E-state index in [0.29, 0.717) is 28.7 Å². The number of amides is 1. The molecule has 2 heterocycles. The maximum atomic E-state index is 12.7. The lowest BCUT2D eigenvalue weighted by molar-refractivity contribution is -0.113. The van der Waals surface area contributed by atoms with Crippen LogP contribution < -0.4 is 9.08 Å². The highest BCUT2D eigenvalue weighted by Gasteiger charge is 2.29. The smallest absolute Gasteiger partial charge is 0.339 e. The van der Waals surface area contributed by atoms with Gasteiger partial charge in [-0.1, -0.05) is 54.1 Å². The van der Waals surface area contributed by atoms with Crippen molar-refractivity contribution in [3.05, 3.63) is 93.9 Å². The number of benzene rings is 3. The second-order valence-corrected chi connectivity index (χ2v) is 11.6. The van der Waals surface area contributed by atoms with Crippen LogP contribution in [0.4, 0.5) is 5.69 Å². The van der Waals surface area contributed by atoms with E-state index in [0.717, 1.165) is 29.4 Å². The molecule has 10 heteroatoms. The molecule has 0 radical (unpaired) electrons. The van der Waals surface area contributed by atoms with Crippen LogP contribution in [0.25, 0.3) is 6.08 Å². The Morgan fingerprint density at radius 1 is 0.946 bits per heavy atom. The van der Waals surface area contributed by atoms with Gasteiger partial charge in [0, 0.05) is 42.5 Å². The average Bonchev–Trinajstić information content (AvgIpc) is 3.27. The number of carbonyl (C=O) groups excluding carboxylic acids is 1. The summed E-state index contributed by atoms with van der Waals surface area (Å²) in [5.74, 6) is -0.209. The van der Waals surface area contributed by atoms with Gasteiger partial charge in [0.15, 0.2) is 5.17 Å². The van der Waals surface area contributed by atoms with E-state index in [4.69, 9.17) is 15.8 Å². The summed E-state index contributed by atoms with van der Waals surface area (Å²) in [4.78, 5) is 21.8. The van der Waals surface area contributed by atoms with E-state index in [1.165, 1.54) is 23.9 Å². The summed E-state index contributed by atoms with van der Waals surface area (Å²) in [5.41, 5.74) is 2.61. The van der Waals surface area contributed by atoms with E-state index < -0.39 is 10.1 Å². The molecule has 0 saturated carbocycles. The standard InChI is InChI=1S/C27H24ClN3O4S2/c1-19-11-12-21(18-23(19)28)30-13-15-31(16-14-30)27-29-26(32)25(36-27)17-20-7-5-6-10-24(20)35-37(33,34)22-8-3-2-4-9-22/h2-12,17-18H,13-16H2,1H3. The SMILES string of the molecule is Cc1ccc(N2CCN(C3=NC(=O)C(=Cc4ccccc4OS(=O)(=O)c4ccccc4)S3)CC2)cc1Cl. The van der Waals surface area contributed by atoms with Crippen molar-refractivity contribution in [2.24, 2.45) is 4.99 Å². The molecular formula is C27H24ClN3O4S2. The predicted molar refractivity (Wildman–Crippen MR) is 149 cm³/mol. The van der Waals surface area contributed by atoms with Crippen LogP contribution in [-0.4, -0.2) is 50.6 Å². The van der Waals surface area contributed by atoms with Crippen molar-refractivity contribution in [1.29, 1.82) is 0 Å². The van der Waals surface area contributed by atoms with E-state index in [1.807, 2.05) is 19.1 Å². The molecule has 2 aliphatic heterocycles. The fourth-order valence-corrected chi connectivity index (χ4v) is 6.14. The quantitative estimate of drug-likeness (QED) is 0.317. The Morgan fingerprint density at radius 2 is 1.62 bits per heavy atom. The maximum absolute atomic E-state index is 12.7. The van der Waals surface area contributed by atoms with Crippen molar-refractivity contribution >= 4 is 56.3 Å². The zero-order chi connectivity index (χ0) is 26.0. The van der Waals surface area contributed by atoms with Gasteiger partial charge in [0.25, 0.3) is 5.91 Å². The van der Waals surface area contributed by atoms with Crippen LogP contribution in [0.2, 0.25) is 5.02 Å². The molecule has 0 unspecified atom stereocenters. The number of amidine groups is 1. The number of rotatable bonds is 5. The Balaban J connectivity index is 1.27. The Bertz CT molecular complexity index is 1500. The summed E-state index contributed by atoms with van der Waals surface area (Å²) >= 11 is 7.58. The average molecular weight is 554 g/mol. The third-order valence-electron chi connectivity index (χ3n) is 6.12. The Hall–Kier alpha value is -3.27. The predicted octanol–water partition coefficient (Wildman–Crippen LogP) is 5.21. The van der Waals surface area contributed by atoms with Crippen molar-refractivity contribution in [1.82, 2.24) is 4.90 Å². The first-order valence-corrected chi connectivity index (χ1v) is 14.3. The van der Waals surface area contributed by atoms with Gasteiger partial charge >= 0.3 is 10.1 Å². The number of anilines is 1. The first kappa shape index (κ1) is 25.4. The summed E-state index contributed by atoms with van der Waals surface area (Å²) in [6.45, 7) is 4.97. The lowest BCUT2D eigenvalue weighted by atomic mass is 10.2. The molecule has 0 N–H and O–H groups in total. The highest BCUT2D eigenvalue weighted by molar-refractivity contribution is 8.18. The van der Waals surface area contributed by atoms with Crippen molar-refractivity contribution in [2.45, 2.75) is 11.8 Å². The van der Waals surface area contributed by atoms with Gasteiger partial charge in [-0.25, -0.2) is 0 Å². The number of hydrogen-bond donors (Lipinski definition) is 0. The number of para-hydroxylation sites is 1. The Labute approximate surface area is 225 Å². The van der Waals surface area contributed by atoms with Crippen LogP contribution in [0, 0.1) is 6.92 Å². The normalized spacial score (nSPS) is 17.3. The van der Waals surface area contributed by atoms with E-state index >= 15 is 0 Å². The van der Waals surface area contributed by atoms with Crippen LogP contribution in [0.3, 0.4) is 0 Å². The van der Waals surface area contributed by atoms with Gasteiger partial charge in [0.1, 0.15) is 10.6 Å². The van der Waals surface area contributed by atoms with Gasteiger partial charge in [-0.15, -0.1) is 0 Å². The van der Waals surface area contributed by atoms with Crippen molar-refractivity contribution in [2.75, 3.05) is 31.1 Å². The van der Waals surface area contributed by atoms with Crippen LogP contribution in [0.1, 0.15) is 11.1 Å². The number of halogens is 1. The topological polar surface area (TPSA) is 79.3 Å². The molecule has 3 aromatic carbocycles. The number of aliphatic imine (C=N–C) groups is 1. The van der Waals surface area contributed by atoms with Crippen LogP contribution >= 0.6 is 23.4 Å². The van der Waals surface area contributed by atoms with Crippen LogP contribution in [0.5, 0.6) is 5.75 Å². The molecule has 0 spiro atoms. The molecule has 0 atom stereocenters. The number of carbonyl (C=O) groups is 1. The number of piperazine rings is 1. The van der Waals surface area contributed by atoms with Crippen LogP contribution in [-0.2, 0) is 14.9 Å². The molecule has 0 aromatic heterocycles. The van der Waals surface area contributed by atoms with E-state index in [2.05, 4.69) is 20.9 Å². The van der Waals surface area contributed by atoms with Gasteiger partial charge in [-0.3, -0.25) is 4.79 Å². The molecule has 0 aliphatic carbocycles. The molecule has 0 bridgehead atoms. The first-order valence-electron chi connectivity index (χ1n) is 11.7. The largest absolute Gasteiger partial charge is 0.378 e. The molecule has 7 nitrogen and oxygen atoms in total. The van der Waals surface area contributed by atoms with Crippen molar-refractivity contribution in [3.8, 4) is 5.75 Å². The highest BCUT2D eigenvalue weighted by atomic mass is 35.5. The van der Waals surface area contributed by atoms with Crippen LogP contribution in [0.15, 0.2) is 87.6 Å². The van der Waals surface area contributed by atoms with Crippen molar-refractivity contribution < 1.29 is 17.4 Å². The highest BCUT2D eigenvalue weighted by Crippen LogP contribution is 2.34. The summed E-state index contributed by atoms with van der Waals surface area (Å²) < 4.78 is 30.9. The monoisotopic (exact) mass is 553 g/mol. The van der Waals surface area contributed by atoms with Gasteiger partial charge < -0.3 is 14.0 Å². The third kappa shape index (κ3) is 5.69. The van der Waals surface area contributed by atoms with Gasteiger partial charge in [0.2, 0.25) is 0 Å². The van der Waals surface area contributed by atoms with E-state index in [9.17, 15) is 13.2 Å². The van der Waals surface area contributed by atoms with Crippen molar-refractivity contribution in [3.63, 3.8) is 0 Å². The number of aryl methyl sites for hydroxylation is 1. The fraction of sp³-hybridized carbons (Fsp3) is 0.185. The fourth-order valence-electron chi connectivity index (χ4n) is 4.04. The van der Waals surface area contributed by atoms with Gasteiger partial charge in [-0.05, 0) is 60.7 Å². The lowest BCUT2D eigenvalue weighted by Gasteiger charge is -2.36. The molecule has 5 rings (SSSR count). The number of nitrogens with zero attached hydrogens (tertiary/aromatic N) is 3. The summed E-state index contributed by atoms with van der Waals surface area (Å²) in [6, 6.07) is 20.7. The number of hydrogen-bond acceptors (Lipinski definition) is 7. The second-order valence-electron chi connectivity index (χ2n) is 8.61. The Kier molecular flexibility index (Phi) is 7.28.